The van der Waals surface area contributed by atoms with Gasteiger partial charge >= 0.3 is 6.18 Å². The molecular formula is C9H6BrF3N2O. The van der Waals surface area contributed by atoms with Crippen molar-refractivity contribution < 1.29 is 17.9 Å². The number of nitrogens with zero attached hydrogens (tertiary/aromatic N) is 2. The van der Waals surface area contributed by atoms with Crippen LogP contribution in [0.1, 0.15) is 12.6 Å². The van der Waals surface area contributed by atoms with Gasteiger partial charge in [0.25, 0.3) is 0 Å². The first kappa shape index (κ1) is 12.8. The Morgan fingerprint density at radius 2 is 2.19 bits per heavy atom. The van der Waals surface area contributed by atoms with E-state index < -0.39 is 12.3 Å². The second-order valence-electron chi connectivity index (χ2n) is 2.91. The number of halogens is 4. The Hall–Kier alpha value is -1.29. The molecule has 1 aromatic rings. The zero-order valence-electron chi connectivity index (χ0n) is 8.05. The lowest BCUT2D eigenvalue weighted by molar-refractivity contribution is -0.189. The molecule has 0 aromatic carbocycles. The van der Waals surface area contributed by atoms with Crippen LogP contribution in [-0.4, -0.2) is 17.3 Å². The van der Waals surface area contributed by atoms with Crippen LogP contribution in [-0.2, 0) is 0 Å². The average Bonchev–Trinajstić information content (AvgIpc) is 2.19. The van der Waals surface area contributed by atoms with Crippen LogP contribution in [0.4, 0.5) is 13.2 Å². The molecule has 1 aromatic heterocycles. The minimum atomic E-state index is -4.45. The van der Waals surface area contributed by atoms with E-state index >= 15 is 0 Å². The zero-order chi connectivity index (χ0) is 12.3. The summed E-state index contributed by atoms with van der Waals surface area (Å²) in [6.45, 7) is 0.888. The largest absolute Gasteiger partial charge is 0.480 e. The summed E-state index contributed by atoms with van der Waals surface area (Å²) in [7, 11) is 0. The Morgan fingerprint density at radius 3 is 2.69 bits per heavy atom. The number of alkyl halides is 3. The second kappa shape index (κ2) is 4.70. The molecule has 0 aliphatic rings. The standard InChI is InChI=1S/C9H6BrF3N2O/c1-5(9(11,12)13)16-8-2-6(3-14)15-4-7(8)10/h2,4-5H,1H3/t5-/m0/s1. The normalized spacial score (nSPS) is 13.0. The van der Waals surface area contributed by atoms with Gasteiger partial charge in [0.2, 0.25) is 0 Å². The van der Waals surface area contributed by atoms with Crippen LogP contribution < -0.4 is 4.74 Å². The zero-order valence-corrected chi connectivity index (χ0v) is 9.63. The monoisotopic (exact) mass is 294 g/mol. The van der Waals surface area contributed by atoms with Crippen LogP contribution in [0, 0.1) is 11.3 Å². The Bertz CT molecular complexity index is 428. The lowest BCUT2D eigenvalue weighted by Gasteiger charge is -2.18. The second-order valence-corrected chi connectivity index (χ2v) is 3.77. The first-order valence-electron chi connectivity index (χ1n) is 4.13. The number of hydrogen-bond donors (Lipinski definition) is 0. The number of aromatic nitrogens is 1. The molecule has 86 valence electrons. The van der Waals surface area contributed by atoms with Crippen molar-refractivity contribution in [1.82, 2.24) is 4.98 Å². The van der Waals surface area contributed by atoms with Gasteiger partial charge in [-0.3, -0.25) is 0 Å². The van der Waals surface area contributed by atoms with Crippen molar-refractivity contribution in [3.63, 3.8) is 0 Å². The van der Waals surface area contributed by atoms with Crippen LogP contribution in [0.3, 0.4) is 0 Å². The van der Waals surface area contributed by atoms with E-state index in [1.165, 1.54) is 6.20 Å². The summed E-state index contributed by atoms with van der Waals surface area (Å²) in [6.07, 6.45) is -5.18. The van der Waals surface area contributed by atoms with Crippen LogP contribution >= 0.6 is 15.9 Å². The molecule has 16 heavy (non-hydrogen) atoms. The third-order valence-corrected chi connectivity index (χ3v) is 2.29. The van der Waals surface area contributed by atoms with E-state index in [0.717, 1.165) is 13.0 Å². The highest BCUT2D eigenvalue weighted by Gasteiger charge is 2.38. The maximum atomic E-state index is 12.2. The molecule has 0 aliphatic carbocycles. The highest BCUT2D eigenvalue weighted by atomic mass is 79.9. The van der Waals surface area contributed by atoms with Gasteiger partial charge in [-0.1, -0.05) is 0 Å². The smallest absolute Gasteiger partial charge is 0.425 e. The average molecular weight is 295 g/mol. The Morgan fingerprint density at radius 1 is 1.56 bits per heavy atom. The minimum Gasteiger partial charge on any atom is -0.480 e. The Labute approximate surface area is 98.0 Å². The fraction of sp³-hybridized carbons (Fsp3) is 0.333. The molecule has 0 radical (unpaired) electrons. The van der Waals surface area contributed by atoms with Gasteiger partial charge in [-0.15, -0.1) is 0 Å². The molecule has 7 heteroatoms. The lowest BCUT2D eigenvalue weighted by Crippen LogP contribution is -2.31. The van der Waals surface area contributed by atoms with Gasteiger partial charge in [0.15, 0.2) is 6.10 Å². The third-order valence-electron chi connectivity index (χ3n) is 1.70. The van der Waals surface area contributed by atoms with Crippen molar-refractivity contribution in [2.45, 2.75) is 19.2 Å². The summed E-state index contributed by atoms with van der Waals surface area (Å²) in [4.78, 5) is 3.66. The maximum absolute atomic E-state index is 12.2. The first-order chi connectivity index (χ1) is 7.34. The van der Waals surface area contributed by atoms with Crippen LogP contribution in [0.15, 0.2) is 16.7 Å². The number of pyridine rings is 1. The van der Waals surface area contributed by atoms with Crippen molar-refractivity contribution >= 4 is 15.9 Å². The van der Waals surface area contributed by atoms with E-state index in [0.29, 0.717) is 0 Å². The topological polar surface area (TPSA) is 45.9 Å². The summed E-state index contributed by atoms with van der Waals surface area (Å²) >= 11 is 2.99. The highest BCUT2D eigenvalue weighted by Crippen LogP contribution is 2.29. The summed E-state index contributed by atoms with van der Waals surface area (Å²) in [5, 5.41) is 8.54. The summed E-state index contributed by atoms with van der Waals surface area (Å²) in [5.41, 5.74) is -0.00688. The molecule has 0 saturated heterocycles. The molecule has 1 heterocycles. The van der Waals surface area contributed by atoms with Gasteiger partial charge in [-0.25, -0.2) is 4.98 Å². The van der Waals surface area contributed by atoms with Crippen molar-refractivity contribution in [3.05, 3.63) is 22.4 Å². The molecule has 1 atom stereocenters. The number of hydrogen-bond acceptors (Lipinski definition) is 3. The van der Waals surface area contributed by atoms with E-state index in [2.05, 4.69) is 25.7 Å². The van der Waals surface area contributed by atoms with Crippen molar-refractivity contribution in [2.24, 2.45) is 0 Å². The van der Waals surface area contributed by atoms with Crippen LogP contribution in [0.25, 0.3) is 0 Å². The van der Waals surface area contributed by atoms with E-state index in [4.69, 9.17) is 5.26 Å². The van der Waals surface area contributed by atoms with Crippen molar-refractivity contribution in [3.8, 4) is 11.8 Å². The predicted molar refractivity (Wildman–Crippen MR) is 52.8 cm³/mol. The summed E-state index contributed by atoms with van der Waals surface area (Å²) in [6, 6.07) is 2.86. The van der Waals surface area contributed by atoms with Crippen molar-refractivity contribution in [2.75, 3.05) is 0 Å². The molecule has 0 unspecified atom stereocenters. The molecule has 1 rings (SSSR count). The quantitative estimate of drug-likeness (QED) is 0.842. The van der Waals surface area contributed by atoms with Crippen LogP contribution in [0.2, 0.25) is 0 Å². The molecule has 3 nitrogen and oxygen atoms in total. The minimum absolute atomic E-state index is 0.00688. The fourth-order valence-electron chi connectivity index (χ4n) is 0.829. The molecule has 0 aliphatic heterocycles. The first-order valence-corrected chi connectivity index (χ1v) is 4.93. The predicted octanol–water partition coefficient (Wildman–Crippen LogP) is 3.05. The Balaban J connectivity index is 2.93. The fourth-order valence-corrected chi connectivity index (χ4v) is 1.14. The van der Waals surface area contributed by atoms with Gasteiger partial charge < -0.3 is 4.74 Å². The van der Waals surface area contributed by atoms with E-state index in [9.17, 15) is 13.2 Å². The lowest BCUT2D eigenvalue weighted by atomic mass is 10.3. The molecular weight excluding hydrogens is 289 g/mol. The summed E-state index contributed by atoms with van der Waals surface area (Å²) < 4.78 is 41.6. The van der Waals surface area contributed by atoms with Gasteiger partial charge in [-0.05, 0) is 22.9 Å². The molecule has 0 spiro atoms. The third kappa shape index (κ3) is 3.10. The molecule has 0 saturated carbocycles. The number of rotatable bonds is 2. The number of ether oxygens (including phenoxy) is 1. The SMILES string of the molecule is C[C@H](Oc1cc(C#N)ncc1Br)C(F)(F)F. The maximum Gasteiger partial charge on any atom is 0.425 e. The van der Waals surface area contributed by atoms with E-state index in [1.807, 2.05) is 0 Å². The van der Waals surface area contributed by atoms with Gasteiger partial charge in [0.1, 0.15) is 17.5 Å². The Kier molecular flexibility index (Phi) is 3.75. The van der Waals surface area contributed by atoms with E-state index in [-0.39, 0.29) is 15.9 Å². The van der Waals surface area contributed by atoms with Gasteiger partial charge in [0, 0.05) is 12.3 Å². The van der Waals surface area contributed by atoms with Gasteiger partial charge in [0.05, 0.1) is 4.47 Å². The molecule has 0 N–H and O–H groups in total. The molecule has 0 bridgehead atoms. The highest BCUT2D eigenvalue weighted by molar-refractivity contribution is 9.10. The van der Waals surface area contributed by atoms with E-state index in [1.54, 1.807) is 6.07 Å². The molecule has 0 amide bonds. The number of nitriles is 1. The van der Waals surface area contributed by atoms with Crippen molar-refractivity contribution in [1.29, 1.82) is 5.26 Å². The van der Waals surface area contributed by atoms with Gasteiger partial charge in [-0.2, -0.15) is 18.4 Å². The molecule has 0 fully saturated rings. The van der Waals surface area contributed by atoms with Crippen LogP contribution in [0.5, 0.6) is 5.75 Å². The summed E-state index contributed by atoms with van der Waals surface area (Å²) in [5.74, 6) is -0.0589.